The molecule has 0 radical (unpaired) electrons. The van der Waals surface area contributed by atoms with Crippen LogP contribution in [0.5, 0.6) is 0 Å². The van der Waals surface area contributed by atoms with Gasteiger partial charge in [0.2, 0.25) is 0 Å². The number of rotatable bonds is 6. The highest BCUT2D eigenvalue weighted by molar-refractivity contribution is 6.07. The molecule has 23 heavy (non-hydrogen) atoms. The van der Waals surface area contributed by atoms with E-state index in [-0.39, 0.29) is 13.2 Å². The zero-order valence-corrected chi connectivity index (χ0v) is 12.6. The Morgan fingerprint density at radius 1 is 1.26 bits per heavy atom. The minimum Gasteiger partial charge on any atom is -0.445 e. The van der Waals surface area contributed by atoms with Gasteiger partial charge in [-0.3, -0.25) is 10.1 Å². The lowest BCUT2D eigenvalue weighted by atomic mass is 9.92. The van der Waals surface area contributed by atoms with Gasteiger partial charge in [0.1, 0.15) is 12.1 Å². The number of ether oxygens (including phenoxy) is 1. The molecule has 0 spiro atoms. The highest BCUT2D eigenvalue weighted by Gasteiger charge is 2.49. The van der Waals surface area contributed by atoms with E-state index in [2.05, 4.69) is 16.0 Å². The van der Waals surface area contributed by atoms with Crippen LogP contribution in [-0.2, 0) is 16.1 Å². The van der Waals surface area contributed by atoms with Gasteiger partial charge in [-0.2, -0.15) is 0 Å². The molecule has 1 aliphatic carbocycles. The fraction of sp³-hybridized carbons (Fsp3) is 0.438. The van der Waals surface area contributed by atoms with Crippen LogP contribution in [0.25, 0.3) is 0 Å². The minimum absolute atomic E-state index is 0.0225. The second-order valence-corrected chi connectivity index (χ2v) is 6.05. The molecule has 1 atom stereocenters. The molecule has 4 amide bonds. The number of imide groups is 1. The molecule has 7 heteroatoms. The summed E-state index contributed by atoms with van der Waals surface area (Å²) in [6.45, 7) is 0.176. The lowest BCUT2D eigenvalue weighted by Crippen LogP contribution is -2.55. The van der Waals surface area contributed by atoms with Crippen molar-refractivity contribution in [2.75, 3.05) is 6.54 Å². The Morgan fingerprint density at radius 2 is 2.00 bits per heavy atom. The maximum absolute atomic E-state index is 12.1. The van der Waals surface area contributed by atoms with Gasteiger partial charge < -0.3 is 15.4 Å². The van der Waals surface area contributed by atoms with E-state index in [9.17, 15) is 14.4 Å². The van der Waals surface area contributed by atoms with E-state index in [0.717, 1.165) is 18.4 Å². The summed E-state index contributed by atoms with van der Waals surface area (Å²) in [4.78, 5) is 35.3. The summed E-state index contributed by atoms with van der Waals surface area (Å²) in [6.07, 6.45) is 2.01. The van der Waals surface area contributed by atoms with E-state index in [4.69, 9.17) is 4.74 Å². The summed E-state index contributed by atoms with van der Waals surface area (Å²) >= 11 is 0. The fourth-order valence-electron chi connectivity index (χ4n) is 2.68. The third kappa shape index (κ3) is 3.80. The maximum Gasteiger partial charge on any atom is 0.407 e. The number of hydrogen-bond donors (Lipinski definition) is 3. The molecule has 1 aromatic carbocycles. The minimum atomic E-state index is -1.07. The number of benzene rings is 1. The Labute approximate surface area is 133 Å². The van der Waals surface area contributed by atoms with Crippen molar-refractivity contribution in [1.82, 2.24) is 16.0 Å². The molecule has 1 unspecified atom stereocenters. The van der Waals surface area contributed by atoms with Crippen LogP contribution in [0.4, 0.5) is 9.59 Å². The lowest BCUT2D eigenvalue weighted by molar-refractivity contribution is -0.124. The normalized spacial score (nSPS) is 23.1. The van der Waals surface area contributed by atoms with Crippen LogP contribution in [0.2, 0.25) is 0 Å². The molecule has 1 saturated heterocycles. The molecule has 3 rings (SSSR count). The van der Waals surface area contributed by atoms with Gasteiger partial charge in [0, 0.05) is 0 Å². The summed E-state index contributed by atoms with van der Waals surface area (Å²) in [5.74, 6) is 0.0269. The fourth-order valence-corrected chi connectivity index (χ4v) is 2.68. The zero-order valence-electron chi connectivity index (χ0n) is 12.6. The monoisotopic (exact) mass is 317 g/mol. The second-order valence-electron chi connectivity index (χ2n) is 6.05. The van der Waals surface area contributed by atoms with Crippen molar-refractivity contribution in [2.24, 2.45) is 5.92 Å². The van der Waals surface area contributed by atoms with Gasteiger partial charge in [-0.1, -0.05) is 43.2 Å². The number of hydrogen-bond acceptors (Lipinski definition) is 4. The van der Waals surface area contributed by atoms with Crippen molar-refractivity contribution in [1.29, 1.82) is 0 Å². The lowest BCUT2D eigenvalue weighted by Gasteiger charge is -2.26. The predicted octanol–water partition coefficient (Wildman–Crippen LogP) is 1.29. The second kappa shape index (κ2) is 6.28. The molecule has 2 fully saturated rings. The van der Waals surface area contributed by atoms with Gasteiger partial charge in [-0.15, -0.1) is 0 Å². The van der Waals surface area contributed by atoms with Crippen molar-refractivity contribution in [3.8, 4) is 0 Å². The van der Waals surface area contributed by atoms with E-state index >= 15 is 0 Å². The topological polar surface area (TPSA) is 96.5 Å². The van der Waals surface area contributed by atoms with E-state index in [1.807, 2.05) is 30.3 Å². The summed E-state index contributed by atoms with van der Waals surface area (Å²) in [5, 5.41) is 7.47. The van der Waals surface area contributed by atoms with Crippen LogP contribution < -0.4 is 16.0 Å². The number of urea groups is 1. The highest BCUT2D eigenvalue weighted by Crippen LogP contribution is 2.37. The largest absolute Gasteiger partial charge is 0.445 e. The molecule has 1 saturated carbocycles. The molecule has 7 nitrogen and oxygen atoms in total. The van der Waals surface area contributed by atoms with Gasteiger partial charge >= 0.3 is 12.1 Å². The number of carbonyl (C=O) groups excluding carboxylic acids is 3. The van der Waals surface area contributed by atoms with Crippen molar-refractivity contribution in [3.05, 3.63) is 35.9 Å². The summed E-state index contributed by atoms with van der Waals surface area (Å²) in [5.41, 5.74) is -0.188. The first-order valence-electron chi connectivity index (χ1n) is 7.65. The third-order valence-corrected chi connectivity index (χ3v) is 4.10. The van der Waals surface area contributed by atoms with Gasteiger partial charge in [-0.25, -0.2) is 9.59 Å². The van der Waals surface area contributed by atoms with Crippen LogP contribution in [0, 0.1) is 5.92 Å². The molecule has 1 aromatic rings. The van der Waals surface area contributed by atoms with Gasteiger partial charge in [-0.05, 0) is 17.9 Å². The Balaban J connectivity index is 1.53. The molecule has 3 N–H and O–H groups in total. The first-order valence-corrected chi connectivity index (χ1v) is 7.65. The van der Waals surface area contributed by atoms with Crippen LogP contribution in [0.15, 0.2) is 30.3 Å². The Kier molecular flexibility index (Phi) is 4.18. The van der Waals surface area contributed by atoms with Crippen LogP contribution >= 0.6 is 0 Å². The molecule has 0 bridgehead atoms. The van der Waals surface area contributed by atoms with Gasteiger partial charge in [0.05, 0.1) is 6.54 Å². The average Bonchev–Trinajstić information content (AvgIpc) is 3.30. The van der Waals surface area contributed by atoms with Gasteiger partial charge in [0.15, 0.2) is 0 Å². The molecule has 1 aliphatic heterocycles. The molecule has 2 aliphatic rings. The number of alkyl carbamates (subject to hydrolysis) is 1. The van der Waals surface area contributed by atoms with Crippen LogP contribution in [0.3, 0.4) is 0 Å². The quantitative estimate of drug-likeness (QED) is 0.689. The van der Waals surface area contributed by atoms with E-state index in [1.54, 1.807) is 0 Å². The molecule has 0 aromatic heterocycles. The van der Waals surface area contributed by atoms with Crippen molar-refractivity contribution >= 4 is 18.0 Å². The number of amides is 4. The highest BCUT2D eigenvalue weighted by atomic mass is 16.5. The SMILES string of the molecule is O=C1NC(=O)C(CNC(=O)OCc2ccccc2)(CC2CC2)N1. The van der Waals surface area contributed by atoms with Gasteiger partial charge in [0.25, 0.3) is 5.91 Å². The van der Waals surface area contributed by atoms with E-state index in [0.29, 0.717) is 12.3 Å². The predicted molar refractivity (Wildman–Crippen MR) is 81.4 cm³/mol. The first-order chi connectivity index (χ1) is 11.1. The molecular formula is C16H19N3O4. The standard InChI is InChI=1S/C16H19N3O4/c20-13-16(8-11-6-7-11,19-14(21)18-13)10-17-15(22)23-9-12-4-2-1-3-5-12/h1-5,11H,6-10H2,(H,17,22)(H2,18,19,20,21). The zero-order chi connectivity index (χ0) is 16.3. The average molecular weight is 317 g/mol. The smallest absolute Gasteiger partial charge is 0.407 e. The van der Waals surface area contributed by atoms with Crippen molar-refractivity contribution < 1.29 is 19.1 Å². The third-order valence-electron chi connectivity index (χ3n) is 4.10. The summed E-state index contributed by atoms with van der Waals surface area (Å²) < 4.78 is 5.12. The maximum atomic E-state index is 12.1. The summed E-state index contributed by atoms with van der Waals surface area (Å²) in [7, 11) is 0. The Bertz CT molecular complexity index is 615. The molecule has 1 heterocycles. The first kappa shape index (κ1) is 15.3. The molecular weight excluding hydrogens is 298 g/mol. The van der Waals surface area contributed by atoms with E-state index in [1.165, 1.54) is 0 Å². The van der Waals surface area contributed by atoms with Crippen molar-refractivity contribution in [3.63, 3.8) is 0 Å². The van der Waals surface area contributed by atoms with Crippen LogP contribution in [-0.4, -0.2) is 30.1 Å². The van der Waals surface area contributed by atoms with Crippen molar-refractivity contribution in [2.45, 2.75) is 31.4 Å². The molecule has 122 valence electrons. The number of nitrogens with one attached hydrogen (secondary N) is 3. The summed E-state index contributed by atoms with van der Waals surface area (Å²) in [6, 6.07) is 8.79. The van der Waals surface area contributed by atoms with E-state index < -0.39 is 23.6 Å². The Hall–Kier alpha value is -2.57. The number of carbonyl (C=O) groups is 3. The Morgan fingerprint density at radius 3 is 2.61 bits per heavy atom. The van der Waals surface area contributed by atoms with Crippen LogP contribution in [0.1, 0.15) is 24.8 Å².